The van der Waals surface area contributed by atoms with E-state index >= 15 is 0 Å². The summed E-state index contributed by atoms with van der Waals surface area (Å²) in [7, 11) is 3.72. The molecule has 1 aliphatic carbocycles. The summed E-state index contributed by atoms with van der Waals surface area (Å²) in [4.78, 5) is 95.0. The Morgan fingerprint density at radius 2 is 1.50 bits per heavy atom. The number of aromatic nitrogens is 3. The van der Waals surface area contributed by atoms with Crippen LogP contribution in [0, 0.1) is 5.92 Å². The molecule has 2 aromatic heterocycles. The third-order valence-electron chi connectivity index (χ3n) is 13.5. The third kappa shape index (κ3) is 15.5. The predicted molar refractivity (Wildman–Crippen MR) is 258 cm³/mol. The van der Waals surface area contributed by atoms with Crippen molar-refractivity contribution in [3.63, 3.8) is 0 Å². The number of ether oxygens (including phenoxy) is 3. The normalized spacial score (nSPS) is 21.4. The molecule has 2 aliphatic heterocycles. The first-order valence-electron chi connectivity index (χ1n) is 24.6. The van der Waals surface area contributed by atoms with Gasteiger partial charge in [0.25, 0.3) is 0 Å². The van der Waals surface area contributed by atoms with Crippen LogP contribution in [-0.2, 0) is 49.2 Å². The van der Waals surface area contributed by atoms with Crippen LogP contribution in [0.25, 0.3) is 10.9 Å². The molecule has 6 atom stereocenters. The first-order chi connectivity index (χ1) is 34.5. The number of nitrogens with zero attached hydrogens (tertiary/aromatic N) is 6. The smallest absolute Gasteiger partial charge is 0.379 e. The highest BCUT2D eigenvalue weighted by Crippen LogP contribution is 2.37. The van der Waals surface area contributed by atoms with Gasteiger partial charge in [-0.3, -0.25) is 33.8 Å². The molecule has 20 nitrogen and oxygen atoms in total. The maximum Gasteiger partial charge on any atom is 0.416 e. The molecule has 4 heterocycles. The molecule has 0 spiro atoms. The van der Waals surface area contributed by atoms with Crippen molar-refractivity contribution >= 4 is 52.2 Å². The number of hydrogen-bond donors (Lipinski definition) is 5. The monoisotopic (exact) mass is 1010 g/mol. The van der Waals surface area contributed by atoms with Crippen molar-refractivity contribution in [1.82, 2.24) is 50.9 Å². The molecule has 0 bridgehead atoms. The average Bonchev–Trinajstić information content (AvgIpc) is 3.87. The van der Waals surface area contributed by atoms with Crippen LogP contribution < -0.4 is 26.6 Å². The molecule has 2 saturated heterocycles. The zero-order valence-corrected chi connectivity index (χ0v) is 41.4. The van der Waals surface area contributed by atoms with Crippen molar-refractivity contribution in [2.75, 3.05) is 85.2 Å². The molecule has 1 aromatic carbocycles. The van der Waals surface area contributed by atoms with Gasteiger partial charge in [0, 0.05) is 88.8 Å². The van der Waals surface area contributed by atoms with Crippen molar-refractivity contribution in [2.45, 2.75) is 108 Å². The fraction of sp³-hybridized carbons (Fsp3) is 0.612. The van der Waals surface area contributed by atoms with E-state index in [1.807, 2.05) is 13.1 Å². The van der Waals surface area contributed by atoms with Gasteiger partial charge in [-0.2, -0.15) is 13.2 Å². The van der Waals surface area contributed by atoms with E-state index in [-0.39, 0.29) is 156 Å². The fourth-order valence-electron chi connectivity index (χ4n) is 9.40. The average molecular weight is 1010 g/mol. The van der Waals surface area contributed by atoms with Crippen LogP contribution in [0.1, 0.15) is 82.4 Å². The Morgan fingerprint density at radius 3 is 2.12 bits per heavy atom. The largest absolute Gasteiger partial charge is 0.416 e. The van der Waals surface area contributed by atoms with Gasteiger partial charge in [-0.1, -0.05) is 6.07 Å². The zero-order chi connectivity index (χ0) is 51.8. The highest BCUT2D eigenvalue weighted by Gasteiger charge is 2.44. The van der Waals surface area contributed by atoms with Crippen LogP contribution >= 0.6 is 0 Å². The lowest BCUT2D eigenvalue weighted by atomic mass is 9.84. The molecule has 23 heteroatoms. The molecule has 72 heavy (non-hydrogen) atoms. The second-order valence-corrected chi connectivity index (χ2v) is 18.6. The molecule has 5 N–H and O–H groups in total. The minimum Gasteiger partial charge on any atom is -0.379 e. The molecule has 3 fully saturated rings. The topological polar surface area (TPSA) is 239 Å². The maximum atomic E-state index is 13.9. The van der Waals surface area contributed by atoms with Gasteiger partial charge < -0.3 is 55.5 Å². The van der Waals surface area contributed by atoms with Crippen molar-refractivity contribution in [3.05, 3.63) is 60.2 Å². The van der Waals surface area contributed by atoms with Crippen LogP contribution in [0.2, 0.25) is 0 Å². The number of hydrogen-bond acceptors (Lipinski definition) is 14. The number of fused-ring (bicyclic) bond motifs is 1. The van der Waals surface area contributed by atoms with Crippen molar-refractivity contribution < 1.29 is 56.1 Å². The molecule has 3 aromatic rings. The van der Waals surface area contributed by atoms with Crippen LogP contribution in [0.3, 0.4) is 0 Å². The van der Waals surface area contributed by atoms with Gasteiger partial charge in [0.05, 0.1) is 74.8 Å². The predicted octanol–water partition coefficient (Wildman–Crippen LogP) is 2.59. The maximum absolute atomic E-state index is 13.9. The Kier molecular flexibility index (Phi) is 20.4. The van der Waals surface area contributed by atoms with Crippen molar-refractivity contribution in [2.24, 2.45) is 5.92 Å². The quantitative estimate of drug-likeness (QED) is 0.0728. The van der Waals surface area contributed by atoms with E-state index in [0.29, 0.717) is 31.3 Å². The number of carbonyl (C=O) groups excluding carboxylic acids is 6. The van der Waals surface area contributed by atoms with E-state index in [1.54, 1.807) is 35.3 Å². The second-order valence-electron chi connectivity index (χ2n) is 18.6. The third-order valence-corrected chi connectivity index (χ3v) is 13.5. The van der Waals surface area contributed by atoms with E-state index in [1.165, 1.54) is 12.4 Å². The summed E-state index contributed by atoms with van der Waals surface area (Å²) < 4.78 is 57.2. The molecule has 6 amide bonds. The first-order valence-corrected chi connectivity index (χ1v) is 24.6. The molecule has 0 unspecified atom stereocenters. The summed E-state index contributed by atoms with van der Waals surface area (Å²) in [6.07, 6.45) is 2.86. The van der Waals surface area contributed by atoms with Crippen molar-refractivity contribution in [1.29, 1.82) is 0 Å². The molecule has 0 radical (unpaired) electrons. The number of anilines is 1. The molecular weight excluding hydrogens is 944 g/mol. The molecule has 6 rings (SSSR count). The Morgan fingerprint density at radius 1 is 0.847 bits per heavy atom. The number of amides is 6. The second kappa shape index (κ2) is 26.6. The zero-order valence-electron chi connectivity index (χ0n) is 41.4. The van der Waals surface area contributed by atoms with Crippen LogP contribution in [0.5, 0.6) is 0 Å². The van der Waals surface area contributed by atoms with E-state index in [0.717, 1.165) is 24.1 Å². The number of rotatable bonds is 26. The standard InChI is InChI=1S/C49H68F3N11O9/c1-31(2)61(3)34-8-10-40(63-19-11-38(48(63)69)60-46-35-26-33(49(50,51)52)7-9-37(35)57-30-58-46)39(27-34)59-43(66)14-22-72-24-17-55-41(64)12-20-70-23-16-54-42(65)13-21-71-25-18-56-47(68)36-28-44(67)62(4)45(36)32-6-5-15-53-29-32/h5-7,9,15,26,29-31,34,36,38-40,45H,8,10-14,16-25,27-28H2,1-4H3,(H,54,65)(H,55,64)(H,56,68)(H,59,66)(H,57,58,60)/t34-,36+,38+,39-,40+,45-/m1/s1. The van der Waals surface area contributed by atoms with Crippen LogP contribution in [-0.4, -0.2) is 175 Å². The highest BCUT2D eigenvalue weighted by molar-refractivity contribution is 5.93. The van der Waals surface area contributed by atoms with Gasteiger partial charge in [0.1, 0.15) is 18.2 Å². The minimum absolute atomic E-state index is 0.0654. The summed E-state index contributed by atoms with van der Waals surface area (Å²) >= 11 is 0. The number of likely N-dealkylation sites (tertiary alicyclic amines) is 2. The van der Waals surface area contributed by atoms with E-state index in [2.05, 4.69) is 60.3 Å². The summed E-state index contributed by atoms with van der Waals surface area (Å²) in [5.41, 5.74) is 0.268. The summed E-state index contributed by atoms with van der Waals surface area (Å²) in [6, 6.07) is 5.52. The van der Waals surface area contributed by atoms with E-state index in [4.69, 9.17) is 14.2 Å². The van der Waals surface area contributed by atoms with Gasteiger partial charge in [-0.15, -0.1) is 0 Å². The van der Waals surface area contributed by atoms with E-state index < -0.39 is 29.7 Å². The lowest BCUT2D eigenvalue weighted by Gasteiger charge is -2.44. The fourth-order valence-corrected chi connectivity index (χ4v) is 9.40. The van der Waals surface area contributed by atoms with Gasteiger partial charge >= 0.3 is 6.18 Å². The molecular formula is C49H68F3N11O9. The number of nitrogens with one attached hydrogen (secondary N) is 5. The molecule has 394 valence electrons. The minimum atomic E-state index is -4.56. The van der Waals surface area contributed by atoms with Gasteiger partial charge in [0.2, 0.25) is 35.4 Å². The van der Waals surface area contributed by atoms with E-state index in [9.17, 15) is 41.9 Å². The lowest BCUT2D eigenvalue weighted by Crippen LogP contribution is -2.58. The SMILES string of the molecule is CC(C)N(C)[C@@H]1CC[C@H](N2CC[C@H](Nc3ncnc4ccc(C(F)(F)F)cc34)C2=O)[C@H](NC(=O)CCOCCNC(=O)CCOCCNC(=O)CCOCCNC(=O)[C@H]2CC(=O)N(C)[C@@H]2c2cccnc2)C1. The van der Waals surface area contributed by atoms with Gasteiger partial charge in [-0.25, -0.2) is 9.97 Å². The number of carbonyl (C=O) groups is 6. The number of benzene rings is 1. The first kappa shape index (κ1) is 55.3. The number of alkyl halides is 3. The van der Waals surface area contributed by atoms with Gasteiger partial charge in [0.15, 0.2) is 0 Å². The van der Waals surface area contributed by atoms with Crippen LogP contribution in [0.4, 0.5) is 19.0 Å². The summed E-state index contributed by atoms with van der Waals surface area (Å²) in [5.74, 6) is -1.69. The number of halogens is 3. The van der Waals surface area contributed by atoms with Crippen molar-refractivity contribution in [3.8, 4) is 0 Å². The Balaban J connectivity index is 0.809. The molecule has 3 aliphatic rings. The molecule has 1 saturated carbocycles. The Hall–Kier alpha value is -6.04. The summed E-state index contributed by atoms with van der Waals surface area (Å²) in [6.45, 7) is 6.31. The van der Waals surface area contributed by atoms with Gasteiger partial charge in [-0.05, 0) is 76.4 Å². The lowest BCUT2D eigenvalue weighted by molar-refractivity contribution is -0.137. The van der Waals surface area contributed by atoms with Crippen LogP contribution in [0.15, 0.2) is 49.1 Å². The Labute approximate surface area is 417 Å². The Bertz CT molecular complexity index is 2310. The summed E-state index contributed by atoms with van der Waals surface area (Å²) in [5, 5.41) is 14.7. The highest BCUT2D eigenvalue weighted by atomic mass is 19.4. The number of pyridine rings is 1.